The summed E-state index contributed by atoms with van der Waals surface area (Å²) in [4.78, 5) is 12.7. The highest BCUT2D eigenvalue weighted by atomic mass is 32.2. The van der Waals surface area contributed by atoms with E-state index in [4.69, 9.17) is 0 Å². The second kappa shape index (κ2) is 10.2. The number of hydrogen-bond donors (Lipinski definition) is 1. The minimum atomic E-state index is -4.39. The van der Waals surface area contributed by atoms with Crippen LogP contribution < -0.4 is 5.32 Å². The number of alkyl halides is 3. The van der Waals surface area contributed by atoms with Gasteiger partial charge in [0.1, 0.15) is 0 Å². The van der Waals surface area contributed by atoms with Crippen LogP contribution in [0.15, 0.2) is 83.9 Å². The first-order chi connectivity index (χ1) is 17.1. The van der Waals surface area contributed by atoms with E-state index in [0.717, 1.165) is 17.0 Å². The molecule has 3 aromatic carbocycles. The molecule has 5 nitrogen and oxygen atoms in total. The number of fused-ring (bicyclic) bond motifs is 1. The van der Waals surface area contributed by atoms with Crippen LogP contribution in [-0.4, -0.2) is 24.6 Å². The van der Waals surface area contributed by atoms with Crippen molar-refractivity contribution in [1.29, 1.82) is 0 Å². The lowest BCUT2D eigenvalue weighted by molar-refractivity contribution is -0.138. The Morgan fingerprint density at radius 3 is 2.39 bits per heavy atom. The van der Waals surface area contributed by atoms with Crippen LogP contribution in [0.25, 0.3) is 10.9 Å². The van der Waals surface area contributed by atoms with Gasteiger partial charge in [0.05, 0.1) is 22.6 Å². The summed E-state index contributed by atoms with van der Waals surface area (Å²) in [6, 6.07) is 19.1. The summed E-state index contributed by atoms with van der Waals surface area (Å²) in [5.41, 5.74) is 1.76. The fraction of sp³-hybridized carbons (Fsp3) is 0.222. The lowest BCUT2D eigenvalue weighted by atomic mass is 10.0. The van der Waals surface area contributed by atoms with Gasteiger partial charge in [-0.15, -0.1) is 0 Å². The van der Waals surface area contributed by atoms with Crippen LogP contribution in [0.2, 0.25) is 0 Å². The van der Waals surface area contributed by atoms with Gasteiger partial charge in [-0.25, -0.2) is 8.42 Å². The van der Waals surface area contributed by atoms with E-state index in [1.54, 1.807) is 31.2 Å². The Balaban J connectivity index is 1.41. The van der Waals surface area contributed by atoms with E-state index in [9.17, 15) is 26.4 Å². The fourth-order valence-electron chi connectivity index (χ4n) is 4.10. The SMILES string of the molecule is CCS(=O)(=O)c1ccc(CC(=O)Nc2ccc3c(ccn3CCc3ccccc3C(F)(F)F)c2)cc1. The number of carbonyl (C=O) groups excluding carboxylic acids is 1. The number of nitrogens with zero attached hydrogens (tertiary/aromatic N) is 1. The molecule has 1 aromatic heterocycles. The van der Waals surface area contributed by atoms with Crippen LogP contribution in [0, 0.1) is 0 Å². The first kappa shape index (κ1) is 25.5. The molecule has 0 aliphatic heterocycles. The van der Waals surface area contributed by atoms with Crippen LogP contribution >= 0.6 is 0 Å². The molecule has 0 saturated heterocycles. The summed E-state index contributed by atoms with van der Waals surface area (Å²) in [5, 5.41) is 3.69. The number of amides is 1. The number of carbonyl (C=O) groups is 1. The molecule has 0 radical (unpaired) electrons. The maximum absolute atomic E-state index is 13.3. The van der Waals surface area contributed by atoms with Crippen molar-refractivity contribution >= 4 is 32.3 Å². The molecular formula is C27H25F3N2O3S. The molecule has 9 heteroatoms. The lowest BCUT2D eigenvalue weighted by Crippen LogP contribution is -2.14. The summed E-state index contributed by atoms with van der Waals surface area (Å²) in [6.45, 7) is 1.96. The predicted octanol–water partition coefficient (Wildman–Crippen LogP) is 5.88. The number of aromatic nitrogens is 1. The smallest absolute Gasteiger partial charge is 0.347 e. The highest BCUT2D eigenvalue weighted by Crippen LogP contribution is 2.32. The van der Waals surface area contributed by atoms with Crippen LogP contribution in [0.4, 0.5) is 18.9 Å². The first-order valence-corrected chi connectivity index (χ1v) is 13.1. The number of hydrogen-bond acceptors (Lipinski definition) is 3. The number of nitrogens with one attached hydrogen (secondary N) is 1. The maximum Gasteiger partial charge on any atom is 0.416 e. The predicted molar refractivity (Wildman–Crippen MR) is 134 cm³/mol. The number of rotatable bonds is 8. The van der Waals surface area contributed by atoms with E-state index in [1.807, 2.05) is 29.0 Å². The average Bonchev–Trinajstić information content (AvgIpc) is 3.24. The number of aryl methyl sites for hydroxylation is 2. The molecule has 188 valence electrons. The van der Waals surface area contributed by atoms with E-state index >= 15 is 0 Å². The van der Waals surface area contributed by atoms with Crippen molar-refractivity contribution < 1.29 is 26.4 Å². The van der Waals surface area contributed by atoms with Gasteiger partial charge in [0.2, 0.25) is 5.91 Å². The van der Waals surface area contributed by atoms with Gasteiger partial charge in [0, 0.05) is 29.3 Å². The molecule has 0 atom stereocenters. The summed E-state index contributed by atoms with van der Waals surface area (Å²) >= 11 is 0. The van der Waals surface area contributed by atoms with E-state index in [-0.39, 0.29) is 35.0 Å². The third-order valence-electron chi connectivity index (χ3n) is 6.03. The third kappa shape index (κ3) is 5.79. The summed E-state index contributed by atoms with van der Waals surface area (Å²) in [7, 11) is -3.29. The zero-order valence-electron chi connectivity index (χ0n) is 19.5. The van der Waals surface area contributed by atoms with Gasteiger partial charge < -0.3 is 9.88 Å². The lowest BCUT2D eigenvalue weighted by Gasteiger charge is -2.13. The largest absolute Gasteiger partial charge is 0.416 e. The minimum Gasteiger partial charge on any atom is -0.347 e. The number of anilines is 1. The van der Waals surface area contributed by atoms with E-state index in [2.05, 4.69) is 5.32 Å². The summed E-state index contributed by atoms with van der Waals surface area (Å²) < 4.78 is 65.5. The topological polar surface area (TPSA) is 68.2 Å². The summed E-state index contributed by atoms with van der Waals surface area (Å²) in [6.07, 6.45) is -2.25. The van der Waals surface area contributed by atoms with Gasteiger partial charge in [0.15, 0.2) is 9.84 Å². The second-order valence-corrected chi connectivity index (χ2v) is 10.7. The Hall–Kier alpha value is -3.59. The maximum atomic E-state index is 13.3. The second-order valence-electron chi connectivity index (χ2n) is 8.46. The Bertz CT molecular complexity index is 1490. The van der Waals surface area contributed by atoms with Crippen molar-refractivity contribution in [2.75, 3.05) is 11.1 Å². The number of sulfone groups is 1. The van der Waals surface area contributed by atoms with Crippen molar-refractivity contribution in [3.8, 4) is 0 Å². The van der Waals surface area contributed by atoms with Crippen LogP contribution in [0.3, 0.4) is 0 Å². The van der Waals surface area contributed by atoms with Gasteiger partial charge in [-0.3, -0.25) is 4.79 Å². The first-order valence-electron chi connectivity index (χ1n) is 11.4. The number of benzene rings is 3. The normalized spacial score (nSPS) is 12.1. The molecule has 0 fully saturated rings. The molecule has 0 saturated carbocycles. The Labute approximate surface area is 207 Å². The molecule has 0 unspecified atom stereocenters. The van der Waals surface area contributed by atoms with E-state index in [0.29, 0.717) is 17.8 Å². The van der Waals surface area contributed by atoms with Gasteiger partial charge in [0.25, 0.3) is 0 Å². The minimum absolute atomic E-state index is 0.0118. The highest BCUT2D eigenvalue weighted by Gasteiger charge is 2.32. The van der Waals surface area contributed by atoms with Crippen LogP contribution in [0.5, 0.6) is 0 Å². The van der Waals surface area contributed by atoms with Crippen molar-refractivity contribution in [2.45, 2.75) is 37.4 Å². The molecule has 0 aliphatic carbocycles. The standard InChI is InChI=1S/C27H25F3N2O3S/c1-2-36(34,35)23-10-7-19(8-11-23)17-26(33)31-22-9-12-25-21(18-22)14-16-32(25)15-13-20-5-3-4-6-24(20)27(28,29)30/h3-12,14,16,18H,2,13,15,17H2,1H3,(H,31,33). The highest BCUT2D eigenvalue weighted by molar-refractivity contribution is 7.91. The molecule has 0 aliphatic rings. The monoisotopic (exact) mass is 514 g/mol. The molecular weight excluding hydrogens is 489 g/mol. The zero-order chi connectivity index (χ0) is 25.9. The Kier molecular flexibility index (Phi) is 7.21. The van der Waals surface area contributed by atoms with Crippen LogP contribution in [0.1, 0.15) is 23.6 Å². The van der Waals surface area contributed by atoms with Gasteiger partial charge in [-0.1, -0.05) is 37.3 Å². The Morgan fingerprint density at radius 2 is 1.69 bits per heavy atom. The summed E-state index contributed by atoms with van der Waals surface area (Å²) in [5.74, 6) is -0.235. The van der Waals surface area contributed by atoms with Gasteiger partial charge in [-0.05, 0) is 60.0 Å². The molecule has 4 aromatic rings. The molecule has 1 heterocycles. The fourth-order valence-corrected chi connectivity index (χ4v) is 4.98. The molecule has 1 amide bonds. The zero-order valence-corrected chi connectivity index (χ0v) is 20.4. The molecule has 0 spiro atoms. The van der Waals surface area contributed by atoms with Crippen LogP contribution in [-0.2, 0) is 40.2 Å². The Morgan fingerprint density at radius 1 is 0.972 bits per heavy atom. The van der Waals surface area contributed by atoms with Gasteiger partial charge in [-0.2, -0.15) is 13.2 Å². The van der Waals surface area contributed by atoms with E-state index < -0.39 is 21.6 Å². The van der Waals surface area contributed by atoms with Gasteiger partial charge >= 0.3 is 6.18 Å². The van der Waals surface area contributed by atoms with Crippen molar-refractivity contribution in [3.63, 3.8) is 0 Å². The van der Waals surface area contributed by atoms with Crippen molar-refractivity contribution in [2.24, 2.45) is 0 Å². The molecule has 4 rings (SSSR count). The molecule has 1 N–H and O–H groups in total. The quantitative estimate of drug-likeness (QED) is 0.319. The van der Waals surface area contributed by atoms with E-state index in [1.165, 1.54) is 24.3 Å². The average molecular weight is 515 g/mol. The third-order valence-corrected chi connectivity index (χ3v) is 7.78. The number of halogens is 3. The molecule has 36 heavy (non-hydrogen) atoms. The molecule has 0 bridgehead atoms. The van der Waals surface area contributed by atoms with Crippen molar-refractivity contribution in [1.82, 2.24) is 4.57 Å². The van der Waals surface area contributed by atoms with Crippen molar-refractivity contribution in [3.05, 3.63) is 95.7 Å².